The molecule has 4 saturated carbocycles. The largest absolute Gasteiger partial charge is 0.396 e. The minimum atomic E-state index is -0.463. The van der Waals surface area contributed by atoms with Crippen molar-refractivity contribution in [3.05, 3.63) is 0 Å². The van der Waals surface area contributed by atoms with Crippen LogP contribution in [0.4, 0.5) is 0 Å². The van der Waals surface area contributed by atoms with E-state index in [0.29, 0.717) is 35.5 Å². The topological polar surface area (TPSA) is 60.7 Å². The summed E-state index contributed by atoms with van der Waals surface area (Å²) in [6.45, 7) is 9.53. The van der Waals surface area contributed by atoms with Crippen LogP contribution >= 0.6 is 0 Å². The van der Waals surface area contributed by atoms with Gasteiger partial charge in [-0.15, -0.1) is 0 Å². The second-order valence-electron chi connectivity index (χ2n) is 11.9. The Morgan fingerprint density at radius 2 is 1.75 bits per heavy atom. The van der Waals surface area contributed by atoms with Gasteiger partial charge in [-0.2, -0.15) is 0 Å². The molecule has 3 nitrogen and oxygen atoms in total. The van der Waals surface area contributed by atoms with Crippen molar-refractivity contribution in [1.82, 2.24) is 0 Å². The lowest BCUT2D eigenvalue weighted by Gasteiger charge is -2.63. The van der Waals surface area contributed by atoms with E-state index in [2.05, 4.69) is 27.7 Å². The Labute approximate surface area is 172 Å². The van der Waals surface area contributed by atoms with Crippen molar-refractivity contribution in [1.29, 1.82) is 0 Å². The van der Waals surface area contributed by atoms with Gasteiger partial charge in [-0.1, -0.05) is 34.1 Å². The predicted molar refractivity (Wildman–Crippen MR) is 113 cm³/mol. The van der Waals surface area contributed by atoms with Gasteiger partial charge in [0.25, 0.3) is 0 Å². The van der Waals surface area contributed by atoms with Gasteiger partial charge in [-0.3, -0.25) is 0 Å². The van der Waals surface area contributed by atoms with Gasteiger partial charge in [0.1, 0.15) is 0 Å². The molecule has 3 N–H and O–H groups in total. The maximum atomic E-state index is 11.5. The lowest BCUT2D eigenvalue weighted by atomic mass is 9.42. The lowest BCUT2D eigenvalue weighted by Crippen LogP contribution is -2.60. The summed E-state index contributed by atoms with van der Waals surface area (Å²) >= 11 is 0. The van der Waals surface area contributed by atoms with E-state index in [9.17, 15) is 15.3 Å². The van der Waals surface area contributed by atoms with E-state index in [1.807, 2.05) is 0 Å². The predicted octanol–water partition coefficient (Wildman–Crippen LogP) is 4.78. The third-order valence-corrected chi connectivity index (χ3v) is 10.5. The summed E-state index contributed by atoms with van der Waals surface area (Å²) in [6, 6.07) is 0. The number of aliphatic hydroxyl groups is 3. The average Bonchev–Trinajstić information content (AvgIpc) is 2.98. The molecule has 0 radical (unpaired) electrons. The lowest BCUT2D eigenvalue weighted by molar-refractivity contribution is -0.193. The second kappa shape index (κ2) is 7.24. The molecule has 4 fully saturated rings. The van der Waals surface area contributed by atoms with Crippen LogP contribution in [0, 0.1) is 46.3 Å². The second-order valence-corrected chi connectivity index (χ2v) is 11.9. The van der Waals surface area contributed by atoms with Gasteiger partial charge in [0.2, 0.25) is 0 Å². The number of hydrogen-bond acceptors (Lipinski definition) is 3. The molecule has 3 heteroatoms. The van der Waals surface area contributed by atoms with Crippen molar-refractivity contribution in [3.63, 3.8) is 0 Å². The first kappa shape index (κ1) is 21.1. The smallest absolute Gasteiger partial charge is 0.0650 e. The average molecular weight is 393 g/mol. The number of fused-ring (bicyclic) bond motifs is 5. The molecule has 162 valence electrons. The van der Waals surface area contributed by atoms with Crippen molar-refractivity contribution in [2.45, 2.75) is 104 Å². The molecule has 28 heavy (non-hydrogen) atoms. The Morgan fingerprint density at radius 1 is 1.00 bits per heavy atom. The molecule has 4 aliphatic carbocycles. The highest BCUT2D eigenvalue weighted by Gasteiger charge is 2.64. The van der Waals surface area contributed by atoms with Crippen molar-refractivity contribution >= 4 is 0 Å². The summed E-state index contributed by atoms with van der Waals surface area (Å²) in [5.41, 5.74) is -0.0945. The summed E-state index contributed by atoms with van der Waals surface area (Å²) in [4.78, 5) is 0. The number of rotatable bonds is 4. The van der Waals surface area contributed by atoms with E-state index in [1.165, 1.54) is 25.7 Å². The summed E-state index contributed by atoms with van der Waals surface area (Å²) in [6.07, 6.45) is 10.6. The molecule has 0 spiro atoms. The molecule has 0 heterocycles. The molecule has 4 rings (SSSR count). The Bertz CT molecular complexity index is 578. The summed E-state index contributed by atoms with van der Waals surface area (Å²) in [5, 5.41) is 32.4. The van der Waals surface area contributed by atoms with Crippen LogP contribution in [0.1, 0.15) is 91.9 Å². The highest BCUT2D eigenvalue weighted by atomic mass is 16.3. The molecule has 0 aliphatic heterocycles. The minimum Gasteiger partial charge on any atom is -0.396 e. The van der Waals surface area contributed by atoms with Crippen molar-refractivity contribution in [2.24, 2.45) is 46.3 Å². The van der Waals surface area contributed by atoms with Crippen LogP contribution in [-0.2, 0) is 0 Å². The van der Waals surface area contributed by atoms with E-state index in [4.69, 9.17) is 0 Å². The third kappa shape index (κ3) is 3.02. The van der Waals surface area contributed by atoms with Gasteiger partial charge in [0, 0.05) is 6.61 Å². The first-order valence-electron chi connectivity index (χ1n) is 12.2. The number of hydrogen-bond donors (Lipinski definition) is 3. The van der Waals surface area contributed by atoms with Gasteiger partial charge in [0.05, 0.1) is 11.7 Å². The number of aliphatic hydroxyl groups excluding tert-OH is 2. The van der Waals surface area contributed by atoms with Gasteiger partial charge >= 0.3 is 0 Å². The van der Waals surface area contributed by atoms with Gasteiger partial charge < -0.3 is 15.3 Å². The fraction of sp³-hybridized carbons (Fsp3) is 1.00. The first-order valence-corrected chi connectivity index (χ1v) is 12.2. The first-order chi connectivity index (χ1) is 13.2. The molecule has 0 saturated heterocycles. The summed E-state index contributed by atoms with van der Waals surface area (Å²) < 4.78 is 0. The monoisotopic (exact) mass is 392 g/mol. The maximum Gasteiger partial charge on any atom is 0.0650 e. The van der Waals surface area contributed by atoms with Crippen LogP contribution in [0.15, 0.2) is 0 Å². The van der Waals surface area contributed by atoms with E-state index in [0.717, 1.165) is 38.5 Å². The molecule has 0 aromatic heterocycles. The Morgan fingerprint density at radius 3 is 2.43 bits per heavy atom. The van der Waals surface area contributed by atoms with E-state index < -0.39 is 5.60 Å². The zero-order valence-corrected chi connectivity index (χ0v) is 18.7. The van der Waals surface area contributed by atoms with Gasteiger partial charge in [0.15, 0.2) is 0 Å². The maximum absolute atomic E-state index is 11.5. The molecule has 10 atom stereocenters. The van der Waals surface area contributed by atoms with Crippen LogP contribution in [0.2, 0.25) is 0 Å². The standard InChI is InChI=1S/C25H44O3/c1-5-10-25(28)12-11-23(3)17(13-25)6-7-18-20-9-8-19(16(2)15-26)24(20,4)14-21(27)22(18)23/h16-22,26-28H,5-15H2,1-4H3/t16?,17-,18+,19-,20+,21+,22-,23+,24-,25-/m1/s1. The highest BCUT2D eigenvalue weighted by molar-refractivity contribution is 5.13. The van der Waals surface area contributed by atoms with Crippen LogP contribution in [-0.4, -0.2) is 33.6 Å². The third-order valence-electron chi connectivity index (χ3n) is 10.5. The Hall–Kier alpha value is -0.120. The van der Waals surface area contributed by atoms with Crippen LogP contribution in [0.5, 0.6) is 0 Å². The van der Waals surface area contributed by atoms with Crippen LogP contribution in [0.25, 0.3) is 0 Å². The fourth-order valence-corrected chi connectivity index (χ4v) is 9.24. The molecule has 0 aromatic rings. The zero-order chi connectivity index (χ0) is 20.3. The van der Waals surface area contributed by atoms with E-state index in [-0.39, 0.29) is 23.5 Å². The van der Waals surface area contributed by atoms with Crippen LogP contribution < -0.4 is 0 Å². The molecule has 4 aliphatic rings. The SMILES string of the molecule is CCC[C@@]1(O)CC[C@@]2(C)[C@H](CC[C@@H]3[C@@H]2[C@@H](O)C[C@]2(C)[C@@H](C(C)CO)CC[C@@H]32)C1. The van der Waals surface area contributed by atoms with Crippen LogP contribution in [0.3, 0.4) is 0 Å². The van der Waals surface area contributed by atoms with E-state index in [1.54, 1.807) is 0 Å². The van der Waals surface area contributed by atoms with Crippen molar-refractivity contribution < 1.29 is 15.3 Å². The van der Waals surface area contributed by atoms with E-state index >= 15 is 0 Å². The van der Waals surface area contributed by atoms with Gasteiger partial charge in [-0.05, 0) is 104 Å². The molecule has 0 amide bonds. The Kier molecular flexibility index (Phi) is 5.46. The fourth-order valence-electron chi connectivity index (χ4n) is 9.24. The minimum absolute atomic E-state index is 0.184. The molecular weight excluding hydrogens is 348 g/mol. The molecule has 0 bridgehead atoms. The summed E-state index contributed by atoms with van der Waals surface area (Å²) in [5.74, 6) is 3.18. The van der Waals surface area contributed by atoms with Crippen molar-refractivity contribution in [3.8, 4) is 0 Å². The quantitative estimate of drug-likeness (QED) is 0.645. The van der Waals surface area contributed by atoms with Gasteiger partial charge in [-0.25, -0.2) is 0 Å². The molecule has 1 unspecified atom stereocenters. The summed E-state index contributed by atoms with van der Waals surface area (Å²) in [7, 11) is 0. The normalized spacial score (nSPS) is 54.5. The molecule has 0 aromatic carbocycles. The zero-order valence-electron chi connectivity index (χ0n) is 18.7. The molecular formula is C25H44O3. The van der Waals surface area contributed by atoms with Crippen molar-refractivity contribution in [2.75, 3.05) is 6.61 Å². The Balaban J connectivity index is 1.60. The highest BCUT2D eigenvalue weighted by Crippen LogP contribution is 2.68.